The van der Waals surface area contributed by atoms with Gasteiger partial charge in [0, 0.05) is 45.2 Å². The largest absolute Gasteiger partial charge is 0.465 e. The van der Waals surface area contributed by atoms with Crippen molar-refractivity contribution in [3.63, 3.8) is 0 Å². The first-order chi connectivity index (χ1) is 17.4. The van der Waals surface area contributed by atoms with Gasteiger partial charge in [-0.1, -0.05) is 44.2 Å². The number of nitrogens with one attached hydrogen (secondary N) is 2. The van der Waals surface area contributed by atoms with Crippen molar-refractivity contribution >= 4 is 12.1 Å². The highest BCUT2D eigenvalue weighted by atomic mass is 19.1. The molecule has 3 atom stereocenters. The Labute approximate surface area is 214 Å². The van der Waals surface area contributed by atoms with Gasteiger partial charge in [0.25, 0.3) is 0 Å². The van der Waals surface area contributed by atoms with Crippen molar-refractivity contribution in [3.8, 4) is 0 Å². The number of carbonyl (C=O) groups is 2. The summed E-state index contributed by atoms with van der Waals surface area (Å²) in [5, 5.41) is 15.6. The highest BCUT2D eigenvalue weighted by Crippen LogP contribution is 2.33. The molecule has 1 aliphatic heterocycles. The summed E-state index contributed by atoms with van der Waals surface area (Å²) in [6.45, 7) is 2.34. The first-order valence-corrected chi connectivity index (χ1v) is 13.4. The van der Waals surface area contributed by atoms with E-state index in [1.807, 2.05) is 18.0 Å². The Balaban J connectivity index is 1.64. The van der Waals surface area contributed by atoms with Crippen LogP contribution in [0.5, 0.6) is 0 Å². The first-order valence-electron chi connectivity index (χ1n) is 13.4. The lowest BCUT2D eigenvalue weighted by molar-refractivity contribution is -0.0157. The van der Waals surface area contributed by atoms with Gasteiger partial charge in [0.15, 0.2) is 0 Å². The monoisotopic (exact) mass is 506 g/mol. The van der Waals surface area contributed by atoms with Crippen LogP contribution in [0.1, 0.15) is 63.0 Å². The molecule has 202 valence electrons. The fourth-order valence-corrected chi connectivity index (χ4v) is 5.57. The molecule has 0 aromatic heterocycles. The Hall–Kier alpha value is -2.39. The van der Waals surface area contributed by atoms with Crippen LogP contribution in [0.15, 0.2) is 24.3 Å². The second-order valence-electron chi connectivity index (χ2n) is 10.3. The summed E-state index contributed by atoms with van der Waals surface area (Å²) in [6.07, 6.45) is 7.59. The Bertz CT molecular complexity index is 836. The van der Waals surface area contributed by atoms with Crippen LogP contribution < -0.4 is 10.6 Å². The minimum atomic E-state index is -1.02. The van der Waals surface area contributed by atoms with E-state index in [0.29, 0.717) is 24.6 Å². The van der Waals surface area contributed by atoms with Gasteiger partial charge in [-0.05, 0) is 49.9 Å². The average Bonchev–Trinajstić information content (AvgIpc) is 2.87. The summed E-state index contributed by atoms with van der Waals surface area (Å²) in [5.41, 5.74) is 0.714. The zero-order valence-corrected chi connectivity index (χ0v) is 21.8. The van der Waals surface area contributed by atoms with Crippen LogP contribution in [-0.4, -0.2) is 80.0 Å². The second kappa shape index (κ2) is 14.4. The minimum Gasteiger partial charge on any atom is -0.465 e. The molecule has 0 bridgehead atoms. The molecule has 2 fully saturated rings. The molecule has 1 aromatic rings. The summed E-state index contributed by atoms with van der Waals surface area (Å²) in [5.74, 6) is 0.315. The van der Waals surface area contributed by atoms with E-state index >= 15 is 0 Å². The number of amides is 3. The van der Waals surface area contributed by atoms with Gasteiger partial charge in [-0.2, -0.15) is 0 Å². The van der Waals surface area contributed by atoms with Crippen molar-refractivity contribution in [1.29, 1.82) is 0 Å². The lowest BCUT2D eigenvalue weighted by Gasteiger charge is -2.38. The van der Waals surface area contributed by atoms with E-state index in [1.54, 1.807) is 6.07 Å². The maximum atomic E-state index is 14.0. The third-order valence-electron chi connectivity index (χ3n) is 7.52. The number of urea groups is 1. The summed E-state index contributed by atoms with van der Waals surface area (Å²) >= 11 is 0. The maximum Gasteiger partial charge on any atom is 0.407 e. The van der Waals surface area contributed by atoms with Gasteiger partial charge in [0.05, 0.1) is 12.7 Å². The molecule has 2 aliphatic rings. The van der Waals surface area contributed by atoms with E-state index in [2.05, 4.69) is 10.6 Å². The molecule has 0 unspecified atom stereocenters. The Morgan fingerprint density at radius 3 is 2.69 bits per heavy atom. The number of hydrogen-bond acceptors (Lipinski definition) is 4. The Morgan fingerprint density at radius 2 is 2.00 bits per heavy atom. The Kier molecular flexibility index (Phi) is 11.3. The first kappa shape index (κ1) is 28.2. The van der Waals surface area contributed by atoms with Crippen LogP contribution in [-0.2, 0) is 4.74 Å². The number of halogens is 1. The third-order valence-corrected chi connectivity index (χ3v) is 7.52. The van der Waals surface area contributed by atoms with Crippen LogP contribution in [0.4, 0.5) is 14.0 Å². The van der Waals surface area contributed by atoms with E-state index in [4.69, 9.17) is 9.84 Å². The summed E-state index contributed by atoms with van der Waals surface area (Å²) < 4.78 is 20.2. The van der Waals surface area contributed by atoms with Crippen molar-refractivity contribution in [2.75, 3.05) is 46.9 Å². The standard InChI is InChI=1S/C27H43FN4O4/c1-29-18-24(16-20-8-4-3-5-9-20)30-26(33)32-13-7-11-22(19-32)25(21-10-6-12-23(28)17-21)36-15-14-31(2)27(34)35/h6,10,12,17,20,22,24-25,29H,3-5,7-9,11,13-16,18-19H2,1-2H3,(H,30,33)(H,34,35)/t22-,24+,25+/m1/s1. The van der Waals surface area contributed by atoms with E-state index in [1.165, 1.54) is 51.3 Å². The number of carboxylic acid groups (broad SMARTS) is 1. The lowest BCUT2D eigenvalue weighted by atomic mass is 9.85. The predicted molar refractivity (Wildman–Crippen MR) is 137 cm³/mol. The van der Waals surface area contributed by atoms with Crippen LogP contribution in [0.3, 0.4) is 0 Å². The van der Waals surface area contributed by atoms with Crippen molar-refractivity contribution < 1.29 is 23.8 Å². The van der Waals surface area contributed by atoms with Crippen molar-refractivity contribution in [2.24, 2.45) is 11.8 Å². The molecule has 3 amide bonds. The molecule has 1 heterocycles. The van der Waals surface area contributed by atoms with Crippen molar-refractivity contribution in [2.45, 2.75) is 63.5 Å². The number of hydrogen-bond donors (Lipinski definition) is 3. The van der Waals surface area contributed by atoms with Crippen LogP contribution in [0.25, 0.3) is 0 Å². The van der Waals surface area contributed by atoms with E-state index in [9.17, 15) is 14.0 Å². The van der Waals surface area contributed by atoms with Gasteiger partial charge in [-0.25, -0.2) is 14.0 Å². The number of carbonyl (C=O) groups excluding carboxylic acids is 1. The molecule has 0 spiro atoms. The van der Waals surface area contributed by atoms with Crippen molar-refractivity contribution in [3.05, 3.63) is 35.6 Å². The zero-order valence-electron chi connectivity index (χ0n) is 21.8. The lowest BCUT2D eigenvalue weighted by Crippen LogP contribution is -2.52. The number of benzene rings is 1. The number of likely N-dealkylation sites (tertiary alicyclic amines) is 1. The number of rotatable bonds is 11. The van der Waals surface area contributed by atoms with Gasteiger partial charge in [-0.3, -0.25) is 0 Å². The predicted octanol–water partition coefficient (Wildman–Crippen LogP) is 4.47. The van der Waals surface area contributed by atoms with E-state index in [0.717, 1.165) is 30.7 Å². The molecular formula is C27H43FN4O4. The summed E-state index contributed by atoms with van der Waals surface area (Å²) in [6, 6.07) is 6.39. The molecule has 8 nitrogen and oxygen atoms in total. The number of likely N-dealkylation sites (N-methyl/N-ethyl adjacent to an activating group) is 2. The van der Waals surface area contributed by atoms with Gasteiger partial charge in [0.2, 0.25) is 0 Å². The minimum absolute atomic E-state index is 0.0115. The van der Waals surface area contributed by atoms with E-state index in [-0.39, 0.29) is 37.0 Å². The van der Waals surface area contributed by atoms with Gasteiger partial charge < -0.3 is 30.3 Å². The van der Waals surface area contributed by atoms with Gasteiger partial charge in [0.1, 0.15) is 5.82 Å². The molecular weight excluding hydrogens is 463 g/mol. The topological polar surface area (TPSA) is 94.1 Å². The number of piperidine rings is 1. The van der Waals surface area contributed by atoms with Gasteiger partial charge >= 0.3 is 12.1 Å². The average molecular weight is 507 g/mol. The Morgan fingerprint density at radius 1 is 1.22 bits per heavy atom. The summed E-state index contributed by atoms with van der Waals surface area (Å²) in [7, 11) is 3.41. The van der Waals surface area contributed by atoms with Gasteiger partial charge in [-0.15, -0.1) is 0 Å². The second-order valence-corrected chi connectivity index (χ2v) is 10.3. The highest BCUT2D eigenvalue weighted by Gasteiger charge is 2.32. The van der Waals surface area contributed by atoms with Crippen LogP contribution in [0.2, 0.25) is 0 Å². The number of ether oxygens (including phenoxy) is 1. The molecule has 0 radical (unpaired) electrons. The van der Waals surface area contributed by atoms with Crippen LogP contribution in [0, 0.1) is 17.7 Å². The normalized spacial score (nSPS) is 20.5. The zero-order chi connectivity index (χ0) is 25.9. The fraction of sp³-hybridized carbons (Fsp3) is 0.704. The highest BCUT2D eigenvalue weighted by molar-refractivity contribution is 5.74. The maximum absolute atomic E-state index is 14.0. The quantitative estimate of drug-likeness (QED) is 0.412. The molecule has 1 aromatic carbocycles. The van der Waals surface area contributed by atoms with Crippen LogP contribution >= 0.6 is 0 Å². The van der Waals surface area contributed by atoms with E-state index < -0.39 is 12.2 Å². The van der Waals surface area contributed by atoms with Crippen molar-refractivity contribution in [1.82, 2.24) is 20.4 Å². The SMILES string of the molecule is CNC[C@H](CC1CCCCC1)NC(=O)N1CCC[C@@H]([C@@H](OCCN(C)C(=O)O)c2cccc(F)c2)C1. The molecule has 1 aliphatic carbocycles. The third kappa shape index (κ3) is 8.62. The fourth-order valence-electron chi connectivity index (χ4n) is 5.57. The molecule has 3 rings (SSSR count). The number of nitrogens with zero attached hydrogens (tertiary/aromatic N) is 2. The molecule has 3 N–H and O–H groups in total. The summed E-state index contributed by atoms with van der Waals surface area (Å²) in [4.78, 5) is 27.4. The molecule has 1 saturated carbocycles. The molecule has 9 heteroatoms. The molecule has 1 saturated heterocycles. The smallest absolute Gasteiger partial charge is 0.407 e. The molecule has 36 heavy (non-hydrogen) atoms.